The van der Waals surface area contributed by atoms with Crippen molar-refractivity contribution in [3.8, 4) is 11.1 Å². The molecule has 0 spiro atoms. The van der Waals surface area contributed by atoms with Crippen molar-refractivity contribution >= 4 is 11.2 Å². The molecule has 1 aromatic carbocycles. The molecule has 0 radical (unpaired) electrons. The predicted octanol–water partition coefficient (Wildman–Crippen LogP) is 2.87. The van der Waals surface area contributed by atoms with Gasteiger partial charge in [-0.3, -0.25) is 4.57 Å². The number of aromatic amines is 1. The highest BCUT2D eigenvalue weighted by molar-refractivity contribution is 5.78. The molecule has 0 bridgehead atoms. The topological polar surface area (TPSA) is 50.7 Å². The number of aryl methyl sites for hydroxylation is 1. The molecular weight excluding hydrogens is 264 g/mol. The number of halogens is 2. The van der Waals surface area contributed by atoms with Crippen molar-refractivity contribution in [3.63, 3.8) is 0 Å². The summed E-state index contributed by atoms with van der Waals surface area (Å²) in [6.07, 6.45) is -0.941. The van der Waals surface area contributed by atoms with Gasteiger partial charge in [0, 0.05) is 24.4 Å². The van der Waals surface area contributed by atoms with Crippen LogP contribution in [0.3, 0.4) is 0 Å². The number of nitrogens with zero attached hydrogens (tertiary/aromatic N) is 2. The third-order valence-corrected chi connectivity index (χ3v) is 3.20. The fourth-order valence-corrected chi connectivity index (χ4v) is 2.12. The van der Waals surface area contributed by atoms with Crippen LogP contribution in [-0.4, -0.2) is 14.5 Å². The minimum absolute atomic E-state index is 0.0378. The molecule has 0 amide bonds. The average Bonchev–Trinajstić information content (AvgIpc) is 2.74. The lowest BCUT2D eigenvalue weighted by atomic mass is 10.0. The first kappa shape index (κ1) is 12.5. The van der Waals surface area contributed by atoms with E-state index >= 15 is 0 Å². The Morgan fingerprint density at radius 1 is 1.25 bits per heavy atom. The number of imidazole rings is 1. The number of benzene rings is 1. The Balaban J connectivity index is 2.15. The quantitative estimate of drug-likeness (QED) is 0.781. The molecule has 0 atom stereocenters. The van der Waals surface area contributed by atoms with E-state index < -0.39 is 6.43 Å². The Labute approximate surface area is 112 Å². The second kappa shape index (κ2) is 4.56. The lowest BCUT2D eigenvalue weighted by molar-refractivity contribution is 0.151. The second-order valence-corrected chi connectivity index (χ2v) is 4.51. The maximum Gasteiger partial charge on any atom is 0.327 e. The standard InChI is InChI=1S/C14H11F2N3O/c1-19-13-11(18-14(19)20)6-10(7-17-13)8-3-2-4-9(5-8)12(15)16/h2-7,12H,1H3,(H,18,20). The largest absolute Gasteiger partial charge is 0.327 e. The maximum atomic E-state index is 12.7. The van der Waals surface area contributed by atoms with Gasteiger partial charge in [-0.25, -0.2) is 18.6 Å². The van der Waals surface area contributed by atoms with Gasteiger partial charge in [0.05, 0.1) is 5.52 Å². The van der Waals surface area contributed by atoms with Crippen molar-refractivity contribution in [2.45, 2.75) is 6.43 Å². The predicted molar refractivity (Wildman–Crippen MR) is 71.7 cm³/mol. The maximum absolute atomic E-state index is 12.7. The van der Waals surface area contributed by atoms with Crippen LogP contribution in [0.15, 0.2) is 41.3 Å². The van der Waals surface area contributed by atoms with Gasteiger partial charge in [0.25, 0.3) is 6.43 Å². The summed E-state index contributed by atoms with van der Waals surface area (Å²) in [6, 6.07) is 7.85. The molecule has 102 valence electrons. The molecule has 0 saturated carbocycles. The molecule has 4 nitrogen and oxygen atoms in total. The van der Waals surface area contributed by atoms with Gasteiger partial charge in [0.2, 0.25) is 0 Å². The number of aromatic nitrogens is 3. The van der Waals surface area contributed by atoms with Crippen molar-refractivity contribution in [1.82, 2.24) is 14.5 Å². The van der Waals surface area contributed by atoms with Crippen LogP contribution in [0.25, 0.3) is 22.3 Å². The number of hydrogen-bond acceptors (Lipinski definition) is 2. The Morgan fingerprint density at radius 2 is 2.05 bits per heavy atom. The zero-order chi connectivity index (χ0) is 14.3. The summed E-state index contributed by atoms with van der Waals surface area (Å²) in [6.45, 7) is 0. The lowest BCUT2D eigenvalue weighted by Gasteiger charge is -2.05. The molecule has 20 heavy (non-hydrogen) atoms. The zero-order valence-corrected chi connectivity index (χ0v) is 10.6. The summed E-state index contributed by atoms with van der Waals surface area (Å²) < 4.78 is 26.8. The molecule has 1 N–H and O–H groups in total. The number of H-pyrrole nitrogens is 1. The molecule has 0 aliphatic carbocycles. The first-order chi connectivity index (χ1) is 9.56. The van der Waals surface area contributed by atoms with E-state index in [4.69, 9.17) is 0 Å². The molecular formula is C14H11F2N3O. The minimum Gasteiger partial charge on any atom is -0.304 e. The van der Waals surface area contributed by atoms with E-state index in [1.807, 2.05) is 0 Å². The molecule has 0 aliphatic rings. The van der Waals surface area contributed by atoms with E-state index in [1.54, 1.807) is 31.4 Å². The summed E-state index contributed by atoms with van der Waals surface area (Å²) in [4.78, 5) is 18.4. The SMILES string of the molecule is Cn1c(=O)[nH]c2cc(-c3cccc(C(F)F)c3)cnc21. The second-order valence-electron chi connectivity index (χ2n) is 4.51. The number of hydrogen-bond donors (Lipinski definition) is 1. The van der Waals surface area contributed by atoms with Gasteiger partial charge in [-0.15, -0.1) is 0 Å². The summed E-state index contributed by atoms with van der Waals surface area (Å²) in [5.74, 6) is 0. The van der Waals surface area contributed by atoms with Gasteiger partial charge in [-0.1, -0.05) is 18.2 Å². The third-order valence-electron chi connectivity index (χ3n) is 3.20. The van der Waals surface area contributed by atoms with Crippen LogP contribution in [0, 0.1) is 0 Å². The Morgan fingerprint density at radius 3 is 2.80 bits per heavy atom. The number of pyridine rings is 1. The van der Waals surface area contributed by atoms with Gasteiger partial charge in [0.15, 0.2) is 5.65 Å². The van der Waals surface area contributed by atoms with E-state index in [2.05, 4.69) is 9.97 Å². The highest BCUT2D eigenvalue weighted by Crippen LogP contribution is 2.26. The average molecular weight is 275 g/mol. The summed E-state index contributed by atoms with van der Waals surface area (Å²) in [5, 5.41) is 0. The third kappa shape index (κ3) is 1.99. The fourth-order valence-electron chi connectivity index (χ4n) is 2.12. The van der Waals surface area contributed by atoms with Crippen LogP contribution in [0.4, 0.5) is 8.78 Å². The molecule has 0 saturated heterocycles. The zero-order valence-electron chi connectivity index (χ0n) is 10.6. The minimum atomic E-state index is -2.51. The molecule has 2 heterocycles. The van der Waals surface area contributed by atoms with Crippen molar-refractivity contribution in [2.75, 3.05) is 0 Å². The Bertz CT molecular complexity index is 836. The van der Waals surface area contributed by atoms with E-state index in [1.165, 1.54) is 16.7 Å². The molecule has 3 rings (SSSR count). The lowest BCUT2D eigenvalue weighted by Crippen LogP contribution is -2.12. The monoisotopic (exact) mass is 275 g/mol. The van der Waals surface area contributed by atoms with Crippen molar-refractivity contribution in [2.24, 2.45) is 7.05 Å². The Hall–Kier alpha value is -2.50. The van der Waals surface area contributed by atoms with Gasteiger partial charge in [-0.2, -0.15) is 0 Å². The number of fused-ring (bicyclic) bond motifs is 1. The van der Waals surface area contributed by atoms with Crippen molar-refractivity contribution in [3.05, 3.63) is 52.6 Å². The van der Waals surface area contributed by atoms with Crippen LogP contribution >= 0.6 is 0 Å². The fraction of sp³-hybridized carbons (Fsp3) is 0.143. The Kier molecular flexibility index (Phi) is 2.85. The van der Waals surface area contributed by atoms with Crippen LogP contribution < -0.4 is 5.69 Å². The first-order valence-corrected chi connectivity index (χ1v) is 5.99. The van der Waals surface area contributed by atoms with Crippen molar-refractivity contribution < 1.29 is 8.78 Å². The summed E-state index contributed by atoms with van der Waals surface area (Å²) >= 11 is 0. The number of rotatable bonds is 2. The van der Waals surface area contributed by atoms with Gasteiger partial charge < -0.3 is 4.98 Å². The molecule has 0 aliphatic heterocycles. The first-order valence-electron chi connectivity index (χ1n) is 5.99. The van der Waals surface area contributed by atoms with E-state index in [-0.39, 0.29) is 11.3 Å². The van der Waals surface area contributed by atoms with Gasteiger partial charge in [0.1, 0.15) is 0 Å². The van der Waals surface area contributed by atoms with E-state index in [0.717, 1.165) is 0 Å². The van der Waals surface area contributed by atoms with E-state index in [9.17, 15) is 13.6 Å². The number of nitrogens with one attached hydrogen (secondary N) is 1. The molecule has 3 aromatic rings. The molecule has 0 fully saturated rings. The molecule has 6 heteroatoms. The van der Waals surface area contributed by atoms with Crippen molar-refractivity contribution in [1.29, 1.82) is 0 Å². The molecule has 0 unspecified atom stereocenters. The van der Waals surface area contributed by atoms with Gasteiger partial charge in [-0.05, 0) is 17.7 Å². The normalized spacial score (nSPS) is 11.4. The molecule has 2 aromatic heterocycles. The highest BCUT2D eigenvalue weighted by Gasteiger charge is 2.10. The highest BCUT2D eigenvalue weighted by atomic mass is 19.3. The van der Waals surface area contributed by atoms with Crippen LogP contribution in [0.5, 0.6) is 0 Å². The van der Waals surface area contributed by atoms with Crippen LogP contribution in [0.2, 0.25) is 0 Å². The smallest absolute Gasteiger partial charge is 0.304 e. The summed E-state index contributed by atoms with van der Waals surface area (Å²) in [7, 11) is 1.62. The van der Waals surface area contributed by atoms with Crippen LogP contribution in [-0.2, 0) is 7.05 Å². The number of alkyl halides is 2. The van der Waals surface area contributed by atoms with Crippen LogP contribution in [0.1, 0.15) is 12.0 Å². The summed E-state index contributed by atoms with van der Waals surface area (Å²) in [5.41, 5.74) is 2.14. The van der Waals surface area contributed by atoms with Gasteiger partial charge >= 0.3 is 5.69 Å². The van der Waals surface area contributed by atoms with E-state index in [0.29, 0.717) is 22.3 Å².